The van der Waals surface area contributed by atoms with Crippen LogP contribution in [0.4, 0.5) is 5.69 Å². The molecule has 1 saturated heterocycles. The van der Waals surface area contributed by atoms with Gasteiger partial charge in [-0.15, -0.1) is 10.2 Å². The third kappa shape index (κ3) is 4.20. The van der Waals surface area contributed by atoms with Crippen LogP contribution in [0.25, 0.3) is 11.4 Å². The molecule has 0 saturated carbocycles. The third-order valence-corrected chi connectivity index (χ3v) is 8.27. The second-order valence-electron chi connectivity index (χ2n) is 8.72. The first-order valence-electron chi connectivity index (χ1n) is 11.4. The fourth-order valence-electron chi connectivity index (χ4n) is 4.61. The highest BCUT2D eigenvalue weighted by Gasteiger charge is 2.29. The lowest BCUT2D eigenvalue weighted by atomic mass is 10.2. The first kappa shape index (κ1) is 21.8. The summed E-state index contributed by atoms with van der Waals surface area (Å²) in [6.45, 7) is 1.95. The predicted molar refractivity (Wildman–Crippen MR) is 124 cm³/mol. The average molecular weight is 469 g/mol. The van der Waals surface area contributed by atoms with Gasteiger partial charge in [0.2, 0.25) is 10.0 Å². The molecule has 10 heteroatoms. The predicted octanol–water partition coefficient (Wildman–Crippen LogP) is 3.05. The summed E-state index contributed by atoms with van der Waals surface area (Å²) in [6, 6.07) is 8.97. The van der Waals surface area contributed by atoms with Crippen molar-refractivity contribution in [3.05, 3.63) is 48.0 Å². The minimum atomic E-state index is -3.58. The van der Waals surface area contributed by atoms with Crippen LogP contribution in [-0.4, -0.2) is 51.1 Å². The Hall–Kier alpha value is -2.98. The highest BCUT2D eigenvalue weighted by molar-refractivity contribution is 7.89. The van der Waals surface area contributed by atoms with E-state index in [1.807, 2.05) is 24.3 Å². The molecule has 174 valence electrons. The molecule has 9 nitrogen and oxygen atoms in total. The standard InChI is InChI=1S/C23H28N6O3S/c1-27-16-19(33(31,32)28-11-5-6-12-28)15-20(27)23(30)24-18-9-7-8-17(14-18)22-26-25-21-10-3-2-4-13-29(21)22/h7-9,14-16H,2-6,10-13H2,1H3,(H,24,30). The number of aryl methyl sites for hydroxylation is 2. The number of nitrogens with one attached hydrogen (secondary N) is 1. The summed E-state index contributed by atoms with van der Waals surface area (Å²) in [6.07, 6.45) is 7.58. The van der Waals surface area contributed by atoms with Gasteiger partial charge in [-0.05, 0) is 43.9 Å². The van der Waals surface area contributed by atoms with Gasteiger partial charge in [0.1, 0.15) is 16.4 Å². The molecule has 1 fully saturated rings. The van der Waals surface area contributed by atoms with Crippen LogP contribution in [-0.2, 0) is 30.0 Å². The Bertz CT molecular complexity index is 1290. The van der Waals surface area contributed by atoms with Gasteiger partial charge in [0.05, 0.1) is 0 Å². The second-order valence-corrected chi connectivity index (χ2v) is 10.7. The van der Waals surface area contributed by atoms with Crippen molar-refractivity contribution in [3.63, 3.8) is 0 Å². The Labute approximate surface area is 193 Å². The summed E-state index contributed by atoms with van der Waals surface area (Å²) >= 11 is 0. The first-order valence-corrected chi connectivity index (χ1v) is 12.9. The molecule has 0 bridgehead atoms. The molecular formula is C23H28N6O3S. The number of nitrogens with zero attached hydrogens (tertiary/aromatic N) is 5. The average Bonchev–Trinajstić information content (AvgIpc) is 3.52. The van der Waals surface area contributed by atoms with Crippen molar-refractivity contribution in [1.82, 2.24) is 23.6 Å². The number of aromatic nitrogens is 4. The van der Waals surface area contributed by atoms with Gasteiger partial charge in [-0.2, -0.15) is 4.31 Å². The van der Waals surface area contributed by atoms with E-state index in [0.717, 1.165) is 55.9 Å². The zero-order valence-electron chi connectivity index (χ0n) is 18.7. The Morgan fingerprint density at radius 1 is 1.00 bits per heavy atom. The summed E-state index contributed by atoms with van der Waals surface area (Å²) in [5.74, 6) is 1.45. The Balaban J connectivity index is 1.37. The molecule has 4 heterocycles. The van der Waals surface area contributed by atoms with E-state index in [2.05, 4.69) is 20.1 Å². The molecule has 0 aliphatic carbocycles. The van der Waals surface area contributed by atoms with E-state index in [9.17, 15) is 13.2 Å². The highest BCUT2D eigenvalue weighted by Crippen LogP contribution is 2.26. The Morgan fingerprint density at radius 2 is 1.79 bits per heavy atom. The molecule has 33 heavy (non-hydrogen) atoms. The van der Waals surface area contributed by atoms with E-state index in [-0.39, 0.29) is 16.5 Å². The molecule has 2 aliphatic rings. The molecule has 0 radical (unpaired) electrons. The number of carbonyl (C=O) groups excluding carboxylic acids is 1. The van der Waals surface area contributed by atoms with Crippen molar-refractivity contribution >= 4 is 21.6 Å². The molecule has 1 amide bonds. The number of sulfonamides is 1. The van der Waals surface area contributed by atoms with Gasteiger partial charge >= 0.3 is 0 Å². The molecule has 2 aliphatic heterocycles. The topological polar surface area (TPSA) is 102 Å². The van der Waals surface area contributed by atoms with Crippen LogP contribution in [0.2, 0.25) is 0 Å². The van der Waals surface area contributed by atoms with Crippen LogP contribution in [0, 0.1) is 0 Å². The fourth-order valence-corrected chi connectivity index (χ4v) is 6.20. The zero-order chi connectivity index (χ0) is 23.0. The van der Waals surface area contributed by atoms with E-state index in [1.165, 1.54) is 23.0 Å². The number of fused-ring (bicyclic) bond motifs is 1. The minimum absolute atomic E-state index is 0.150. The lowest BCUT2D eigenvalue weighted by Gasteiger charge is -2.13. The van der Waals surface area contributed by atoms with Crippen molar-refractivity contribution in [3.8, 4) is 11.4 Å². The maximum atomic E-state index is 13.0. The van der Waals surface area contributed by atoms with Crippen molar-refractivity contribution in [2.24, 2.45) is 7.05 Å². The smallest absolute Gasteiger partial charge is 0.272 e. The van der Waals surface area contributed by atoms with E-state index < -0.39 is 10.0 Å². The zero-order valence-corrected chi connectivity index (χ0v) is 19.5. The summed E-state index contributed by atoms with van der Waals surface area (Å²) in [5.41, 5.74) is 1.79. The summed E-state index contributed by atoms with van der Waals surface area (Å²) in [4.78, 5) is 13.1. The molecule has 0 atom stereocenters. The van der Waals surface area contributed by atoms with E-state index >= 15 is 0 Å². The van der Waals surface area contributed by atoms with E-state index in [1.54, 1.807) is 11.6 Å². The number of carbonyl (C=O) groups is 1. The normalized spacial score (nSPS) is 17.0. The maximum absolute atomic E-state index is 13.0. The molecular weight excluding hydrogens is 440 g/mol. The van der Waals surface area contributed by atoms with Crippen LogP contribution < -0.4 is 5.32 Å². The van der Waals surface area contributed by atoms with Gasteiger partial charge in [0.25, 0.3) is 5.91 Å². The number of hydrogen-bond acceptors (Lipinski definition) is 5. The number of rotatable bonds is 5. The van der Waals surface area contributed by atoms with Gasteiger partial charge in [0, 0.05) is 50.6 Å². The number of hydrogen-bond donors (Lipinski definition) is 1. The molecule has 5 rings (SSSR count). The quantitative estimate of drug-likeness (QED) is 0.620. The summed E-state index contributed by atoms with van der Waals surface area (Å²) < 4.78 is 30.9. The number of amides is 1. The van der Waals surface area contributed by atoms with Crippen LogP contribution in [0.3, 0.4) is 0 Å². The van der Waals surface area contributed by atoms with Crippen LogP contribution >= 0.6 is 0 Å². The minimum Gasteiger partial charge on any atom is -0.345 e. The van der Waals surface area contributed by atoms with Crippen LogP contribution in [0.15, 0.2) is 41.4 Å². The largest absolute Gasteiger partial charge is 0.345 e. The first-order chi connectivity index (χ1) is 15.9. The lowest BCUT2D eigenvalue weighted by molar-refractivity contribution is 0.101. The van der Waals surface area contributed by atoms with Crippen LogP contribution in [0.5, 0.6) is 0 Å². The van der Waals surface area contributed by atoms with Crippen molar-refractivity contribution in [2.75, 3.05) is 18.4 Å². The van der Waals surface area contributed by atoms with Crippen molar-refractivity contribution in [1.29, 1.82) is 0 Å². The van der Waals surface area contributed by atoms with Crippen molar-refractivity contribution < 1.29 is 13.2 Å². The van der Waals surface area contributed by atoms with Gasteiger partial charge in [-0.3, -0.25) is 4.79 Å². The maximum Gasteiger partial charge on any atom is 0.272 e. The Morgan fingerprint density at radius 3 is 2.61 bits per heavy atom. The number of benzene rings is 1. The molecule has 0 spiro atoms. The lowest BCUT2D eigenvalue weighted by Crippen LogP contribution is -2.27. The fraction of sp³-hybridized carbons (Fsp3) is 0.435. The molecule has 3 aromatic rings. The molecule has 0 unspecified atom stereocenters. The molecule has 2 aromatic heterocycles. The van der Waals surface area contributed by atoms with Crippen molar-refractivity contribution in [2.45, 2.75) is 50.0 Å². The van der Waals surface area contributed by atoms with E-state index in [4.69, 9.17) is 0 Å². The van der Waals surface area contributed by atoms with E-state index in [0.29, 0.717) is 18.8 Å². The van der Waals surface area contributed by atoms with Gasteiger partial charge in [-0.1, -0.05) is 18.6 Å². The SMILES string of the molecule is Cn1cc(S(=O)(=O)N2CCCC2)cc1C(=O)Nc1cccc(-c2nnc3n2CCCCC3)c1. The van der Waals surface area contributed by atoms with Gasteiger partial charge in [0.15, 0.2) is 5.82 Å². The highest BCUT2D eigenvalue weighted by atomic mass is 32.2. The Kier molecular flexibility index (Phi) is 5.79. The third-order valence-electron chi connectivity index (χ3n) is 6.40. The summed E-state index contributed by atoms with van der Waals surface area (Å²) in [5, 5.41) is 11.7. The molecule has 1 N–H and O–H groups in total. The van der Waals surface area contributed by atoms with Gasteiger partial charge < -0.3 is 14.5 Å². The second kappa shape index (κ2) is 8.75. The number of anilines is 1. The van der Waals surface area contributed by atoms with Gasteiger partial charge in [-0.25, -0.2) is 8.42 Å². The van der Waals surface area contributed by atoms with Crippen LogP contribution in [0.1, 0.15) is 48.4 Å². The summed E-state index contributed by atoms with van der Waals surface area (Å²) in [7, 11) is -1.90. The molecule has 1 aromatic carbocycles. The monoisotopic (exact) mass is 468 g/mol.